The Morgan fingerprint density at radius 1 is 1.50 bits per heavy atom. The molecule has 0 spiro atoms. The molecule has 0 radical (unpaired) electrons. The Labute approximate surface area is 117 Å². The topological polar surface area (TPSA) is 80.9 Å². The third kappa shape index (κ3) is 2.89. The zero-order valence-corrected chi connectivity index (χ0v) is 11.6. The molecule has 20 heavy (non-hydrogen) atoms. The SMILES string of the molecule is CCCC1=NC(=O)NC(c2ccoc2)C1C(=O)OCC. The van der Waals surface area contributed by atoms with E-state index in [0.717, 1.165) is 12.0 Å². The molecule has 0 saturated carbocycles. The molecule has 2 rings (SSSR count). The lowest BCUT2D eigenvalue weighted by Crippen LogP contribution is -2.45. The molecule has 1 aromatic rings. The van der Waals surface area contributed by atoms with E-state index in [1.165, 1.54) is 12.5 Å². The summed E-state index contributed by atoms with van der Waals surface area (Å²) in [5, 5.41) is 2.71. The van der Waals surface area contributed by atoms with E-state index in [-0.39, 0.29) is 5.97 Å². The number of hydrogen-bond acceptors (Lipinski definition) is 4. The first kappa shape index (κ1) is 14.3. The van der Waals surface area contributed by atoms with Gasteiger partial charge in [-0.25, -0.2) is 9.79 Å². The van der Waals surface area contributed by atoms with Gasteiger partial charge < -0.3 is 14.5 Å². The molecule has 0 aromatic carbocycles. The normalized spacial score (nSPS) is 22.1. The summed E-state index contributed by atoms with van der Waals surface area (Å²) < 4.78 is 10.2. The highest BCUT2D eigenvalue weighted by Crippen LogP contribution is 2.29. The number of amides is 2. The molecule has 2 atom stereocenters. The first-order valence-electron chi connectivity index (χ1n) is 6.74. The van der Waals surface area contributed by atoms with Crippen molar-refractivity contribution in [1.82, 2.24) is 5.32 Å². The lowest BCUT2D eigenvalue weighted by molar-refractivity contribution is -0.146. The van der Waals surface area contributed by atoms with E-state index in [1.54, 1.807) is 13.0 Å². The molecule has 2 unspecified atom stereocenters. The quantitative estimate of drug-likeness (QED) is 0.839. The highest BCUT2D eigenvalue weighted by atomic mass is 16.5. The minimum atomic E-state index is -0.592. The first-order valence-corrected chi connectivity index (χ1v) is 6.74. The van der Waals surface area contributed by atoms with Crippen LogP contribution in [0.2, 0.25) is 0 Å². The molecule has 1 aliphatic rings. The van der Waals surface area contributed by atoms with Crippen molar-refractivity contribution in [3.05, 3.63) is 24.2 Å². The van der Waals surface area contributed by atoms with Crippen LogP contribution in [0.25, 0.3) is 0 Å². The Morgan fingerprint density at radius 3 is 2.90 bits per heavy atom. The second-order valence-electron chi connectivity index (χ2n) is 4.57. The summed E-state index contributed by atoms with van der Waals surface area (Å²) in [5.74, 6) is -0.962. The van der Waals surface area contributed by atoms with Gasteiger partial charge in [0.1, 0.15) is 5.92 Å². The summed E-state index contributed by atoms with van der Waals surface area (Å²) in [6, 6.07) is 0.811. The number of nitrogens with one attached hydrogen (secondary N) is 1. The van der Waals surface area contributed by atoms with Crippen molar-refractivity contribution in [1.29, 1.82) is 0 Å². The van der Waals surface area contributed by atoms with Crippen molar-refractivity contribution >= 4 is 17.7 Å². The maximum absolute atomic E-state index is 12.2. The third-order valence-corrected chi connectivity index (χ3v) is 3.17. The van der Waals surface area contributed by atoms with E-state index >= 15 is 0 Å². The van der Waals surface area contributed by atoms with E-state index < -0.39 is 18.0 Å². The number of carbonyl (C=O) groups is 2. The van der Waals surface area contributed by atoms with Crippen molar-refractivity contribution in [3.8, 4) is 0 Å². The van der Waals surface area contributed by atoms with Gasteiger partial charge in [0.25, 0.3) is 0 Å². The molecule has 6 nitrogen and oxygen atoms in total. The molecule has 1 N–H and O–H groups in total. The van der Waals surface area contributed by atoms with Gasteiger partial charge in [-0.15, -0.1) is 0 Å². The number of carbonyl (C=O) groups excluding carboxylic acids is 2. The van der Waals surface area contributed by atoms with Crippen LogP contribution in [0.4, 0.5) is 4.79 Å². The monoisotopic (exact) mass is 278 g/mol. The van der Waals surface area contributed by atoms with Crippen LogP contribution >= 0.6 is 0 Å². The summed E-state index contributed by atoms with van der Waals surface area (Å²) in [6.45, 7) is 4.02. The first-order chi connectivity index (χ1) is 9.67. The van der Waals surface area contributed by atoms with Crippen LogP contribution in [-0.4, -0.2) is 24.3 Å². The molecule has 1 aromatic heterocycles. The Hall–Kier alpha value is -2.11. The molecule has 0 saturated heterocycles. The second kappa shape index (κ2) is 6.36. The molecule has 0 bridgehead atoms. The molecule has 0 fully saturated rings. The lowest BCUT2D eigenvalue weighted by atomic mass is 9.87. The maximum Gasteiger partial charge on any atom is 0.341 e. The van der Waals surface area contributed by atoms with Crippen molar-refractivity contribution in [2.24, 2.45) is 10.9 Å². The van der Waals surface area contributed by atoms with Crippen LogP contribution in [0.5, 0.6) is 0 Å². The van der Waals surface area contributed by atoms with Gasteiger partial charge >= 0.3 is 12.0 Å². The van der Waals surface area contributed by atoms with Crippen molar-refractivity contribution in [3.63, 3.8) is 0 Å². The predicted molar refractivity (Wildman–Crippen MR) is 72.4 cm³/mol. The van der Waals surface area contributed by atoms with Crippen LogP contribution in [0.15, 0.2) is 28.0 Å². The van der Waals surface area contributed by atoms with Crippen molar-refractivity contribution < 1.29 is 18.7 Å². The van der Waals surface area contributed by atoms with Gasteiger partial charge in [-0.1, -0.05) is 13.3 Å². The van der Waals surface area contributed by atoms with E-state index in [1.807, 2.05) is 6.92 Å². The van der Waals surface area contributed by atoms with Gasteiger partial charge in [-0.2, -0.15) is 0 Å². The number of hydrogen-bond donors (Lipinski definition) is 1. The third-order valence-electron chi connectivity index (χ3n) is 3.17. The average molecular weight is 278 g/mol. The van der Waals surface area contributed by atoms with Gasteiger partial charge in [0.2, 0.25) is 0 Å². The fourth-order valence-corrected chi connectivity index (χ4v) is 2.34. The van der Waals surface area contributed by atoms with E-state index in [9.17, 15) is 9.59 Å². The molecule has 0 aliphatic carbocycles. The van der Waals surface area contributed by atoms with Crippen LogP contribution in [-0.2, 0) is 9.53 Å². The van der Waals surface area contributed by atoms with Gasteiger partial charge in [0.05, 0.1) is 25.2 Å². The summed E-state index contributed by atoms with van der Waals surface area (Å²) in [4.78, 5) is 27.9. The summed E-state index contributed by atoms with van der Waals surface area (Å²) >= 11 is 0. The highest BCUT2D eigenvalue weighted by Gasteiger charge is 2.39. The minimum absolute atomic E-state index is 0.292. The number of urea groups is 1. The van der Waals surface area contributed by atoms with Gasteiger partial charge in [-0.05, 0) is 19.4 Å². The Bertz CT molecular complexity index is 507. The zero-order chi connectivity index (χ0) is 14.5. The Morgan fingerprint density at radius 2 is 2.30 bits per heavy atom. The number of ether oxygens (including phenoxy) is 1. The van der Waals surface area contributed by atoms with Crippen LogP contribution in [0.3, 0.4) is 0 Å². The second-order valence-corrected chi connectivity index (χ2v) is 4.57. The molecule has 108 valence electrons. The largest absolute Gasteiger partial charge is 0.472 e. The summed E-state index contributed by atoms with van der Waals surface area (Å²) in [5.41, 5.74) is 1.31. The smallest absolute Gasteiger partial charge is 0.341 e. The lowest BCUT2D eigenvalue weighted by Gasteiger charge is -2.29. The van der Waals surface area contributed by atoms with Crippen LogP contribution in [0, 0.1) is 5.92 Å². The molecule has 2 amide bonds. The van der Waals surface area contributed by atoms with Gasteiger partial charge in [0.15, 0.2) is 0 Å². The maximum atomic E-state index is 12.2. The van der Waals surface area contributed by atoms with Crippen molar-refractivity contribution in [2.75, 3.05) is 6.61 Å². The van der Waals surface area contributed by atoms with E-state index in [4.69, 9.17) is 9.15 Å². The Balaban J connectivity index is 2.36. The minimum Gasteiger partial charge on any atom is -0.472 e. The predicted octanol–water partition coefficient (Wildman–Crippen LogP) is 2.46. The van der Waals surface area contributed by atoms with Gasteiger partial charge in [0, 0.05) is 11.3 Å². The fourth-order valence-electron chi connectivity index (χ4n) is 2.34. The van der Waals surface area contributed by atoms with Crippen LogP contribution in [0.1, 0.15) is 38.3 Å². The van der Waals surface area contributed by atoms with Crippen LogP contribution < -0.4 is 5.32 Å². The number of nitrogens with zero attached hydrogens (tertiary/aromatic N) is 1. The average Bonchev–Trinajstić information content (AvgIpc) is 2.92. The summed E-state index contributed by atoms with van der Waals surface area (Å²) in [7, 11) is 0. The summed E-state index contributed by atoms with van der Waals surface area (Å²) in [6.07, 6.45) is 4.42. The fraction of sp³-hybridized carbons (Fsp3) is 0.500. The Kier molecular flexibility index (Phi) is 4.55. The molecule has 2 heterocycles. The number of aliphatic imine (C=N–C) groups is 1. The van der Waals surface area contributed by atoms with E-state index in [2.05, 4.69) is 10.3 Å². The molecule has 6 heteroatoms. The van der Waals surface area contributed by atoms with Crippen molar-refractivity contribution in [2.45, 2.75) is 32.7 Å². The standard InChI is InChI=1S/C14H18N2O4/c1-3-5-10-11(13(17)20-4-2)12(16-14(18)15-10)9-6-7-19-8-9/h6-8,11-12H,3-5H2,1-2H3,(H,16,18). The highest BCUT2D eigenvalue weighted by molar-refractivity contribution is 6.09. The zero-order valence-electron chi connectivity index (χ0n) is 11.6. The molecule has 1 aliphatic heterocycles. The van der Waals surface area contributed by atoms with Gasteiger partial charge in [-0.3, -0.25) is 4.79 Å². The molecular weight excluding hydrogens is 260 g/mol. The number of esters is 1. The number of rotatable bonds is 5. The van der Waals surface area contributed by atoms with E-state index in [0.29, 0.717) is 18.7 Å². The molecular formula is C14H18N2O4. The number of furan rings is 1.